The first-order valence-electron chi connectivity index (χ1n) is 22.4. The Morgan fingerprint density at radius 1 is 0.582 bits per heavy atom. The van der Waals surface area contributed by atoms with Gasteiger partial charge in [0.1, 0.15) is 6.10 Å². The van der Waals surface area contributed by atoms with Gasteiger partial charge in [-0.15, -0.1) is 0 Å². The minimum absolute atomic E-state index is 0.0507. The fourth-order valence-electron chi connectivity index (χ4n) is 6.18. The van der Waals surface area contributed by atoms with Crippen molar-refractivity contribution in [1.82, 2.24) is 5.32 Å². The summed E-state index contributed by atoms with van der Waals surface area (Å²) in [6, 6.07) is -0.743. The molecule has 314 valence electrons. The minimum atomic E-state index is -0.820. The molecular formula is C49H83NO5. The van der Waals surface area contributed by atoms with Crippen molar-refractivity contribution in [2.24, 2.45) is 0 Å². The predicted octanol–water partition coefficient (Wildman–Crippen LogP) is 12.8. The molecule has 6 heteroatoms. The molecular weight excluding hydrogens is 683 g/mol. The minimum Gasteiger partial charge on any atom is -0.458 e. The lowest BCUT2D eigenvalue weighted by Crippen LogP contribution is -2.46. The van der Waals surface area contributed by atoms with Gasteiger partial charge < -0.3 is 20.3 Å². The number of esters is 1. The second kappa shape index (κ2) is 42.2. The Kier molecular flexibility index (Phi) is 39.9. The Hall–Kier alpha value is -2.96. The van der Waals surface area contributed by atoms with Gasteiger partial charge in [0.05, 0.1) is 25.2 Å². The van der Waals surface area contributed by atoms with Crippen molar-refractivity contribution in [2.75, 3.05) is 6.61 Å². The summed E-state index contributed by atoms with van der Waals surface area (Å²) in [6.45, 7) is 6.25. The lowest BCUT2D eigenvalue weighted by Gasteiger charge is -2.23. The van der Waals surface area contributed by atoms with E-state index in [1.165, 1.54) is 83.5 Å². The molecule has 0 rings (SSSR count). The van der Waals surface area contributed by atoms with E-state index in [0.29, 0.717) is 19.3 Å². The van der Waals surface area contributed by atoms with Gasteiger partial charge in [0.25, 0.3) is 0 Å². The molecule has 3 atom stereocenters. The van der Waals surface area contributed by atoms with Crippen LogP contribution in [0.1, 0.15) is 188 Å². The number of ether oxygens (including phenoxy) is 1. The maximum Gasteiger partial charge on any atom is 0.306 e. The van der Waals surface area contributed by atoms with Crippen LogP contribution in [0.4, 0.5) is 0 Å². The van der Waals surface area contributed by atoms with Crippen molar-refractivity contribution in [3.63, 3.8) is 0 Å². The molecule has 0 spiro atoms. The molecule has 0 aliphatic carbocycles. The SMILES string of the molecule is CC/C=C/C=C/C=C\C=C/C=C/CCCCCC(=O)OC(/C=C/C/C=C\CCCCCCCC)CC(=O)NC(CO)C(O)CCCCCCCCCCCC. The topological polar surface area (TPSA) is 95.9 Å². The molecule has 0 aromatic rings. The van der Waals surface area contributed by atoms with Gasteiger partial charge in [-0.25, -0.2) is 0 Å². The van der Waals surface area contributed by atoms with E-state index in [-0.39, 0.29) is 24.9 Å². The van der Waals surface area contributed by atoms with E-state index in [1.54, 1.807) is 6.08 Å². The molecule has 6 nitrogen and oxygen atoms in total. The van der Waals surface area contributed by atoms with Gasteiger partial charge in [0.15, 0.2) is 0 Å². The zero-order chi connectivity index (χ0) is 40.3. The number of aliphatic hydroxyl groups excluding tert-OH is 2. The molecule has 0 heterocycles. The molecule has 0 radical (unpaired) electrons. The van der Waals surface area contributed by atoms with Crippen LogP contribution in [0.5, 0.6) is 0 Å². The number of allylic oxidation sites excluding steroid dienone is 13. The third kappa shape index (κ3) is 37.7. The number of amides is 1. The van der Waals surface area contributed by atoms with E-state index in [1.807, 2.05) is 54.7 Å². The normalized spacial score (nSPS) is 14.2. The molecule has 55 heavy (non-hydrogen) atoms. The lowest BCUT2D eigenvalue weighted by atomic mass is 10.0. The first-order valence-corrected chi connectivity index (χ1v) is 22.4. The average Bonchev–Trinajstić information content (AvgIpc) is 3.18. The summed E-state index contributed by atoms with van der Waals surface area (Å²) in [4.78, 5) is 25.9. The van der Waals surface area contributed by atoms with Crippen LogP contribution in [-0.2, 0) is 14.3 Å². The number of hydrogen-bond acceptors (Lipinski definition) is 5. The smallest absolute Gasteiger partial charge is 0.306 e. The maximum atomic E-state index is 13.1. The van der Waals surface area contributed by atoms with E-state index in [2.05, 4.69) is 50.4 Å². The highest BCUT2D eigenvalue weighted by Crippen LogP contribution is 2.14. The molecule has 1 amide bonds. The van der Waals surface area contributed by atoms with E-state index in [4.69, 9.17) is 4.74 Å². The highest BCUT2D eigenvalue weighted by molar-refractivity contribution is 5.78. The van der Waals surface area contributed by atoms with Crippen molar-refractivity contribution in [3.05, 3.63) is 85.1 Å². The van der Waals surface area contributed by atoms with E-state index < -0.39 is 18.2 Å². The van der Waals surface area contributed by atoms with Crippen LogP contribution in [0.15, 0.2) is 85.1 Å². The molecule has 3 unspecified atom stereocenters. The zero-order valence-electron chi connectivity index (χ0n) is 35.5. The Bertz CT molecular complexity index is 1080. The fraction of sp³-hybridized carbons (Fsp3) is 0.673. The summed E-state index contributed by atoms with van der Waals surface area (Å²) in [5, 5.41) is 23.5. The van der Waals surface area contributed by atoms with E-state index in [9.17, 15) is 19.8 Å². The van der Waals surface area contributed by atoms with Crippen LogP contribution in [0.3, 0.4) is 0 Å². The third-order valence-electron chi connectivity index (χ3n) is 9.58. The van der Waals surface area contributed by atoms with Crippen LogP contribution in [0.25, 0.3) is 0 Å². The maximum absolute atomic E-state index is 13.1. The van der Waals surface area contributed by atoms with Crippen molar-refractivity contribution >= 4 is 11.9 Å². The van der Waals surface area contributed by atoms with Crippen LogP contribution < -0.4 is 5.32 Å². The Balaban J connectivity index is 4.79. The summed E-state index contributed by atoms with van der Waals surface area (Å²) in [6.07, 6.45) is 53.8. The van der Waals surface area contributed by atoms with Crippen molar-refractivity contribution in [1.29, 1.82) is 0 Å². The number of hydrogen-bond donors (Lipinski definition) is 3. The quantitative estimate of drug-likeness (QED) is 0.0252. The Morgan fingerprint density at radius 2 is 1.09 bits per heavy atom. The first-order chi connectivity index (χ1) is 27.0. The van der Waals surface area contributed by atoms with Crippen LogP contribution >= 0.6 is 0 Å². The van der Waals surface area contributed by atoms with Crippen molar-refractivity contribution < 1.29 is 24.5 Å². The highest BCUT2D eigenvalue weighted by atomic mass is 16.5. The Morgan fingerprint density at radius 3 is 1.67 bits per heavy atom. The van der Waals surface area contributed by atoms with Gasteiger partial charge >= 0.3 is 5.97 Å². The van der Waals surface area contributed by atoms with Crippen molar-refractivity contribution in [2.45, 2.75) is 206 Å². The number of unbranched alkanes of at least 4 members (excludes halogenated alkanes) is 18. The number of rotatable bonds is 38. The van der Waals surface area contributed by atoms with Crippen molar-refractivity contribution in [3.8, 4) is 0 Å². The standard InChI is InChI=1S/C49H83NO5/c1-4-7-10-13-16-19-22-23-24-25-27-30-33-36-39-42-49(54)55-45(40-37-34-31-28-26-20-17-14-11-8-5-2)43-48(53)50-46(44-51)47(52)41-38-35-32-29-21-18-15-12-9-6-3/h7,10,13,16,19,22-25,27-28,31,37,40,45-47,51-52H,4-6,8-9,11-12,14-15,17-18,20-21,26,29-30,32-36,38-39,41-44H2,1-3H3,(H,50,53)/b10-7+,16-13+,22-19-,24-23-,27-25+,31-28-,40-37+. The Labute approximate surface area is 338 Å². The van der Waals surface area contributed by atoms with E-state index >= 15 is 0 Å². The van der Waals surface area contributed by atoms with Gasteiger partial charge in [0.2, 0.25) is 5.91 Å². The molecule has 0 aromatic heterocycles. The summed E-state index contributed by atoms with van der Waals surface area (Å²) in [5.41, 5.74) is 0. The first kappa shape index (κ1) is 52.0. The lowest BCUT2D eigenvalue weighted by molar-refractivity contribution is -0.148. The zero-order valence-corrected chi connectivity index (χ0v) is 35.5. The van der Waals surface area contributed by atoms with Gasteiger partial charge in [-0.2, -0.15) is 0 Å². The summed E-state index contributed by atoms with van der Waals surface area (Å²) < 4.78 is 5.77. The largest absolute Gasteiger partial charge is 0.458 e. The predicted molar refractivity (Wildman–Crippen MR) is 236 cm³/mol. The average molecular weight is 766 g/mol. The van der Waals surface area contributed by atoms with Gasteiger partial charge in [-0.05, 0) is 57.4 Å². The molecule has 0 bridgehead atoms. The number of nitrogens with one attached hydrogen (secondary N) is 1. The highest BCUT2D eigenvalue weighted by Gasteiger charge is 2.23. The molecule has 0 fully saturated rings. The fourth-order valence-corrected chi connectivity index (χ4v) is 6.18. The molecule has 0 saturated heterocycles. The summed E-state index contributed by atoms with van der Waals surface area (Å²) in [7, 11) is 0. The number of carbonyl (C=O) groups excluding carboxylic acids is 2. The number of carbonyl (C=O) groups is 2. The van der Waals surface area contributed by atoms with Crippen LogP contribution in [0, 0.1) is 0 Å². The molecule has 0 aromatic carbocycles. The van der Waals surface area contributed by atoms with Crippen LogP contribution in [-0.4, -0.2) is 46.9 Å². The van der Waals surface area contributed by atoms with Gasteiger partial charge in [-0.1, -0.05) is 202 Å². The van der Waals surface area contributed by atoms with Gasteiger partial charge in [0, 0.05) is 6.42 Å². The molecule has 3 N–H and O–H groups in total. The second-order valence-corrected chi connectivity index (χ2v) is 14.8. The third-order valence-corrected chi connectivity index (χ3v) is 9.58. The van der Waals surface area contributed by atoms with Gasteiger partial charge in [-0.3, -0.25) is 9.59 Å². The van der Waals surface area contributed by atoms with E-state index in [0.717, 1.165) is 57.8 Å². The van der Waals surface area contributed by atoms with Crippen LogP contribution in [0.2, 0.25) is 0 Å². The molecule has 0 aliphatic heterocycles. The monoisotopic (exact) mass is 766 g/mol. The molecule has 0 aliphatic rings. The summed E-state index contributed by atoms with van der Waals surface area (Å²) in [5.74, 6) is -0.663. The molecule has 0 saturated carbocycles. The number of aliphatic hydroxyl groups is 2. The summed E-state index contributed by atoms with van der Waals surface area (Å²) >= 11 is 0. The second-order valence-electron chi connectivity index (χ2n) is 14.8.